The average Bonchev–Trinajstić information content (AvgIpc) is 2.55. The van der Waals surface area contributed by atoms with Gasteiger partial charge in [-0.1, -0.05) is 6.92 Å². The summed E-state index contributed by atoms with van der Waals surface area (Å²) in [5.74, 6) is 0. The third-order valence-corrected chi connectivity index (χ3v) is 3.86. The Morgan fingerprint density at radius 3 is 1.80 bits per heavy atom. The molecule has 0 aliphatic heterocycles. The van der Waals surface area contributed by atoms with Gasteiger partial charge in [0.1, 0.15) is 0 Å². The molecule has 1 atom stereocenters. The van der Waals surface area contributed by atoms with Crippen LogP contribution in [0.2, 0.25) is 0 Å². The lowest BCUT2D eigenvalue weighted by Gasteiger charge is -2.26. The number of hydrogen-bond donors (Lipinski definition) is 1. The third-order valence-electron chi connectivity index (χ3n) is 3.86. The van der Waals surface area contributed by atoms with Gasteiger partial charge in [-0.15, -0.1) is 0 Å². The van der Waals surface area contributed by atoms with E-state index in [-0.39, 0.29) is 0 Å². The predicted octanol–water partition coefficient (Wildman–Crippen LogP) is 1.91. The zero-order chi connectivity index (χ0) is 7.41. The van der Waals surface area contributed by atoms with E-state index < -0.39 is 0 Å². The molecule has 2 fully saturated rings. The Kier molecular flexibility index (Phi) is 1.05. The SMILES string of the molecule is CC(N)C1(C2(C)CC2)CC1. The number of hydrogen-bond acceptors (Lipinski definition) is 1. The summed E-state index contributed by atoms with van der Waals surface area (Å²) in [5.41, 5.74) is 7.19. The van der Waals surface area contributed by atoms with Crippen molar-refractivity contribution in [3.63, 3.8) is 0 Å². The van der Waals surface area contributed by atoms with Crippen LogP contribution in [0.25, 0.3) is 0 Å². The lowest BCUT2D eigenvalue weighted by atomic mass is 9.82. The van der Waals surface area contributed by atoms with Crippen molar-refractivity contribution >= 4 is 0 Å². The third kappa shape index (κ3) is 0.619. The first-order valence-corrected chi connectivity index (χ1v) is 4.36. The van der Waals surface area contributed by atoms with Crippen LogP contribution in [0.3, 0.4) is 0 Å². The van der Waals surface area contributed by atoms with Crippen molar-refractivity contribution in [3.05, 3.63) is 0 Å². The molecule has 2 aliphatic carbocycles. The molecule has 1 unspecified atom stereocenters. The number of rotatable bonds is 2. The van der Waals surface area contributed by atoms with Crippen molar-refractivity contribution in [2.45, 2.75) is 45.6 Å². The van der Waals surface area contributed by atoms with E-state index >= 15 is 0 Å². The van der Waals surface area contributed by atoms with E-state index in [4.69, 9.17) is 5.73 Å². The summed E-state index contributed by atoms with van der Waals surface area (Å²) in [6, 6.07) is 0.431. The fraction of sp³-hybridized carbons (Fsp3) is 1.00. The maximum atomic E-state index is 5.96. The van der Waals surface area contributed by atoms with Crippen molar-refractivity contribution in [2.75, 3.05) is 0 Å². The first kappa shape index (κ1) is 6.66. The Morgan fingerprint density at radius 1 is 1.20 bits per heavy atom. The summed E-state index contributed by atoms with van der Waals surface area (Å²) in [7, 11) is 0. The van der Waals surface area contributed by atoms with Crippen molar-refractivity contribution in [3.8, 4) is 0 Å². The van der Waals surface area contributed by atoms with Gasteiger partial charge in [-0.2, -0.15) is 0 Å². The molecule has 1 nitrogen and oxygen atoms in total. The molecule has 0 radical (unpaired) electrons. The van der Waals surface area contributed by atoms with Crippen molar-refractivity contribution in [1.29, 1.82) is 0 Å². The van der Waals surface area contributed by atoms with Crippen LogP contribution in [0.1, 0.15) is 39.5 Å². The first-order valence-electron chi connectivity index (χ1n) is 4.36. The lowest BCUT2D eigenvalue weighted by molar-refractivity contribution is 0.261. The molecule has 1 heteroatoms. The van der Waals surface area contributed by atoms with E-state index in [2.05, 4.69) is 13.8 Å². The van der Waals surface area contributed by atoms with Gasteiger partial charge >= 0.3 is 0 Å². The molecule has 10 heavy (non-hydrogen) atoms. The Balaban J connectivity index is 2.15. The smallest absolute Gasteiger partial charge is 0.00722 e. The summed E-state index contributed by atoms with van der Waals surface area (Å²) in [6.07, 6.45) is 5.63. The highest BCUT2D eigenvalue weighted by Gasteiger charge is 2.63. The van der Waals surface area contributed by atoms with Gasteiger partial charge in [0.2, 0.25) is 0 Å². The highest BCUT2D eigenvalue weighted by molar-refractivity contribution is 5.15. The fourth-order valence-corrected chi connectivity index (χ4v) is 2.43. The molecular formula is C9H17N. The van der Waals surface area contributed by atoms with Crippen LogP contribution in [0, 0.1) is 10.8 Å². The molecule has 2 aliphatic rings. The van der Waals surface area contributed by atoms with E-state index in [0.29, 0.717) is 16.9 Å². The second kappa shape index (κ2) is 1.58. The van der Waals surface area contributed by atoms with Crippen molar-refractivity contribution in [1.82, 2.24) is 0 Å². The standard InChI is InChI=1S/C9H17N/c1-7(10)9(5-6-9)8(2)3-4-8/h7H,3-6,10H2,1-2H3. The van der Waals surface area contributed by atoms with E-state index in [1.807, 2.05) is 0 Å². The van der Waals surface area contributed by atoms with Crippen LogP contribution in [0.15, 0.2) is 0 Å². The Bertz CT molecular complexity index is 152. The zero-order valence-electron chi connectivity index (χ0n) is 6.98. The monoisotopic (exact) mass is 139 g/mol. The van der Waals surface area contributed by atoms with Gasteiger partial charge in [0.15, 0.2) is 0 Å². The minimum Gasteiger partial charge on any atom is -0.327 e. The molecule has 2 rings (SSSR count). The number of nitrogens with two attached hydrogens (primary N) is 1. The van der Waals surface area contributed by atoms with Crippen molar-refractivity contribution in [2.24, 2.45) is 16.6 Å². The van der Waals surface area contributed by atoms with Gasteiger partial charge in [0, 0.05) is 6.04 Å². The molecule has 0 saturated heterocycles. The second-order valence-electron chi connectivity index (χ2n) is 4.51. The van der Waals surface area contributed by atoms with E-state index in [0.717, 1.165) is 0 Å². The van der Waals surface area contributed by atoms with E-state index in [1.54, 1.807) is 0 Å². The van der Waals surface area contributed by atoms with Gasteiger partial charge < -0.3 is 5.73 Å². The molecule has 0 aromatic rings. The van der Waals surface area contributed by atoms with Gasteiger partial charge in [0.05, 0.1) is 0 Å². The molecule has 2 saturated carbocycles. The second-order valence-corrected chi connectivity index (χ2v) is 4.51. The lowest BCUT2D eigenvalue weighted by Crippen LogP contribution is -2.34. The van der Waals surface area contributed by atoms with E-state index in [9.17, 15) is 0 Å². The van der Waals surface area contributed by atoms with Crippen LogP contribution in [0.5, 0.6) is 0 Å². The Morgan fingerprint density at radius 2 is 1.70 bits per heavy atom. The van der Waals surface area contributed by atoms with Gasteiger partial charge in [0.25, 0.3) is 0 Å². The van der Waals surface area contributed by atoms with Crippen LogP contribution in [-0.2, 0) is 0 Å². The van der Waals surface area contributed by atoms with Crippen molar-refractivity contribution < 1.29 is 0 Å². The maximum Gasteiger partial charge on any atom is 0.00722 e. The van der Waals surface area contributed by atoms with E-state index in [1.165, 1.54) is 25.7 Å². The topological polar surface area (TPSA) is 26.0 Å². The minimum atomic E-state index is 0.431. The first-order chi connectivity index (χ1) is 4.61. The largest absolute Gasteiger partial charge is 0.327 e. The summed E-state index contributed by atoms with van der Waals surface area (Å²) in [5, 5.41) is 0. The highest BCUT2D eigenvalue weighted by Crippen LogP contribution is 2.71. The minimum absolute atomic E-state index is 0.431. The van der Waals surface area contributed by atoms with Gasteiger partial charge in [-0.25, -0.2) is 0 Å². The average molecular weight is 139 g/mol. The molecule has 0 heterocycles. The fourth-order valence-electron chi connectivity index (χ4n) is 2.43. The molecule has 0 aromatic heterocycles. The van der Waals surface area contributed by atoms with Gasteiger partial charge in [-0.05, 0) is 43.4 Å². The normalized spacial score (nSPS) is 35.1. The molecule has 58 valence electrons. The van der Waals surface area contributed by atoms with Gasteiger partial charge in [-0.3, -0.25) is 0 Å². The molecule has 0 spiro atoms. The molecule has 2 N–H and O–H groups in total. The molecule has 0 bridgehead atoms. The maximum absolute atomic E-state index is 5.96. The highest BCUT2D eigenvalue weighted by atomic mass is 14.8. The molecular weight excluding hydrogens is 122 g/mol. The van der Waals surface area contributed by atoms with Crippen LogP contribution < -0.4 is 5.73 Å². The zero-order valence-corrected chi connectivity index (χ0v) is 6.98. The van der Waals surface area contributed by atoms with Crippen LogP contribution in [0.4, 0.5) is 0 Å². The molecule has 0 amide bonds. The summed E-state index contributed by atoms with van der Waals surface area (Å²) >= 11 is 0. The quantitative estimate of drug-likeness (QED) is 0.621. The Hall–Kier alpha value is -0.0400. The summed E-state index contributed by atoms with van der Waals surface area (Å²) in [6.45, 7) is 4.58. The Labute approximate surface area is 63.0 Å². The predicted molar refractivity (Wildman–Crippen MR) is 42.7 cm³/mol. The summed E-state index contributed by atoms with van der Waals surface area (Å²) < 4.78 is 0. The summed E-state index contributed by atoms with van der Waals surface area (Å²) in [4.78, 5) is 0. The van der Waals surface area contributed by atoms with Crippen LogP contribution >= 0.6 is 0 Å². The van der Waals surface area contributed by atoms with Crippen LogP contribution in [-0.4, -0.2) is 6.04 Å². The molecule has 0 aromatic carbocycles.